The van der Waals surface area contributed by atoms with Crippen molar-refractivity contribution in [2.24, 2.45) is 0 Å². The van der Waals surface area contributed by atoms with E-state index in [1.807, 2.05) is 0 Å². The maximum atomic E-state index is 12.0. The molecule has 1 atom stereocenters. The van der Waals surface area contributed by atoms with Crippen molar-refractivity contribution in [2.45, 2.75) is 12.3 Å². The van der Waals surface area contributed by atoms with Gasteiger partial charge in [0.25, 0.3) is 0 Å². The first-order chi connectivity index (χ1) is 10.1. The van der Waals surface area contributed by atoms with Gasteiger partial charge in [0.1, 0.15) is 0 Å². The molecule has 0 aliphatic rings. The summed E-state index contributed by atoms with van der Waals surface area (Å²) in [7, 11) is 0. The summed E-state index contributed by atoms with van der Waals surface area (Å²) in [5.74, 6) is -2.26. The molecule has 0 heterocycles. The molecule has 4 nitrogen and oxygen atoms in total. The van der Waals surface area contributed by atoms with Crippen molar-refractivity contribution >= 4 is 29.2 Å². The number of rotatable bonds is 5. The van der Waals surface area contributed by atoms with Crippen LogP contribution in [0.2, 0.25) is 5.02 Å². The SMILES string of the molecule is O=C(C[C@@H](C(=O)O)c1ccccc1)Nc1cccc(Cl)c1. The molecule has 0 bridgehead atoms. The number of carbonyl (C=O) groups excluding carboxylic acids is 1. The number of carbonyl (C=O) groups is 2. The van der Waals surface area contributed by atoms with Gasteiger partial charge in [-0.15, -0.1) is 0 Å². The second-order valence-corrected chi connectivity index (χ2v) is 5.00. The van der Waals surface area contributed by atoms with Crippen molar-refractivity contribution < 1.29 is 14.7 Å². The Morgan fingerprint density at radius 2 is 1.81 bits per heavy atom. The zero-order valence-corrected chi connectivity index (χ0v) is 11.9. The van der Waals surface area contributed by atoms with Gasteiger partial charge in [-0.2, -0.15) is 0 Å². The minimum atomic E-state index is -1.03. The Hall–Kier alpha value is -2.33. The molecule has 0 saturated heterocycles. The average molecular weight is 304 g/mol. The van der Waals surface area contributed by atoms with Crippen molar-refractivity contribution in [3.05, 3.63) is 65.2 Å². The van der Waals surface area contributed by atoms with E-state index in [4.69, 9.17) is 11.6 Å². The van der Waals surface area contributed by atoms with Crippen LogP contribution in [0, 0.1) is 0 Å². The van der Waals surface area contributed by atoms with E-state index in [0.717, 1.165) is 0 Å². The van der Waals surface area contributed by atoms with Gasteiger partial charge < -0.3 is 10.4 Å². The van der Waals surface area contributed by atoms with E-state index in [1.54, 1.807) is 54.6 Å². The second kappa shape index (κ2) is 6.90. The van der Waals surface area contributed by atoms with Crippen LogP contribution in [-0.2, 0) is 9.59 Å². The fourth-order valence-electron chi connectivity index (χ4n) is 2.00. The molecule has 0 radical (unpaired) electrons. The fourth-order valence-corrected chi connectivity index (χ4v) is 2.19. The average Bonchev–Trinajstić information content (AvgIpc) is 2.45. The number of hydrogen-bond acceptors (Lipinski definition) is 2. The first-order valence-electron chi connectivity index (χ1n) is 6.39. The minimum Gasteiger partial charge on any atom is -0.481 e. The molecule has 21 heavy (non-hydrogen) atoms. The highest BCUT2D eigenvalue weighted by Crippen LogP contribution is 2.21. The zero-order valence-electron chi connectivity index (χ0n) is 11.1. The molecule has 0 aromatic heterocycles. The molecule has 0 aliphatic carbocycles. The summed E-state index contributed by atoms with van der Waals surface area (Å²) in [6, 6.07) is 15.4. The number of amides is 1. The number of carboxylic acid groups (broad SMARTS) is 1. The van der Waals surface area contributed by atoms with E-state index in [1.165, 1.54) is 0 Å². The number of hydrogen-bond donors (Lipinski definition) is 2. The highest BCUT2D eigenvalue weighted by Gasteiger charge is 2.23. The Morgan fingerprint density at radius 3 is 2.43 bits per heavy atom. The lowest BCUT2D eigenvalue weighted by Crippen LogP contribution is -2.20. The second-order valence-electron chi connectivity index (χ2n) is 4.56. The van der Waals surface area contributed by atoms with E-state index < -0.39 is 11.9 Å². The Bertz CT molecular complexity index is 643. The van der Waals surface area contributed by atoms with Gasteiger partial charge in [-0.25, -0.2) is 0 Å². The fraction of sp³-hybridized carbons (Fsp3) is 0.125. The van der Waals surface area contributed by atoms with Crippen LogP contribution in [0.5, 0.6) is 0 Å². The van der Waals surface area contributed by atoms with Gasteiger partial charge >= 0.3 is 5.97 Å². The lowest BCUT2D eigenvalue weighted by molar-refractivity contribution is -0.140. The smallest absolute Gasteiger partial charge is 0.311 e. The first kappa shape index (κ1) is 15.1. The number of halogens is 1. The van der Waals surface area contributed by atoms with Crippen LogP contribution < -0.4 is 5.32 Å². The van der Waals surface area contributed by atoms with Crippen LogP contribution >= 0.6 is 11.6 Å². The molecular weight excluding hydrogens is 290 g/mol. The van der Waals surface area contributed by atoms with Crippen LogP contribution in [0.3, 0.4) is 0 Å². The summed E-state index contributed by atoms with van der Waals surface area (Å²) in [6.07, 6.45) is -0.133. The summed E-state index contributed by atoms with van der Waals surface area (Å²) < 4.78 is 0. The molecular formula is C16H14ClNO3. The van der Waals surface area contributed by atoms with E-state index in [-0.39, 0.29) is 12.3 Å². The predicted molar refractivity (Wildman–Crippen MR) is 81.5 cm³/mol. The van der Waals surface area contributed by atoms with Crippen LogP contribution in [0.15, 0.2) is 54.6 Å². The van der Waals surface area contributed by atoms with Gasteiger partial charge in [-0.1, -0.05) is 48.0 Å². The van der Waals surface area contributed by atoms with Crippen LogP contribution in [-0.4, -0.2) is 17.0 Å². The predicted octanol–water partition coefficient (Wildman–Crippen LogP) is 3.54. The molecule has 0 aliphatic heterocycles. The van der Waals surface area contributed by atoms with E-state index in [0.29, 0.717) is 16.3 Å². The molecule has 1 amide bonds. The largest absolute Gasteiger partial charge is 0.481 e. The number of anilines is 1. The summed E-state index contributed by atoms with van der Waals surface area (Å²) in [6.45, 7) is 0. The number of benzene rings is 2. The van der Waals surface area contributed by atoms with Crippen LogP contribution in [0.1, 0.15) is 17.9 Å². The lowest BCUT2D eigenvalue weighted by atomic mass is 9.95. The molecule has 2 N–H and O–H groups in total. The molecule has 2 aromatic carbocycles. The molecule has 0 fully saturated rings. The number of nitrogens with one attached hydrogen (secondary N) is 1. The molecule has 2 rings (SSSR count). The quantitative estimate of drug-likeness (QED) is 0.888. The van der Waals surface area contributed by atoms with Crippen molar-refractivity contribution in [3.8, 4) is 0 Å². The molecule has 108 valence electrons. The van der Waals surface area contributed by atoms with Crippen molar-refractivity contribution in [2.75, 3.05) is 5.32 Å². The van der Waals surface area contributed by atoms with Crippen LogP contribution in [0.4, 0.5) is 5.69 Å². The molecule has 0 saturated carbocycles. The highest BCUT2D eigenvalue weighted by atomic mass is 35.5. The molecule has 0 spiro atoms. The number of carboxylic acids is 1. The molecule has 5 heteroatoms. The normalized spacial score (nSPS) is 11.7. The van der Waals surface area contributed by atoms with Gasteiger partial charge in [-0.3, -0.25) is 9.59 Å². The molecule has 0 unspecified atom stereocenters. The van der Waals surface area contributed by atoms with Gasteiger partial charge in [0, 0.05) is 17.1 Å². The topological polar surface area (TPSA) is 66.4 Å². The van der Waals surface area contributed by atoms with Crippen molar-refractivity contribution in [1.82, 2.24) is 0 Å². The standard InChI is InChI=1S/C16H14ClNO3/c17-12-7-4-8-13(9-12)18-15(19)10-14(16(20)21)11-5-2-1-3-6-11/h1-9,14H,10H2,(H,18,19)(H,20,21)/t14-/m1/s1. The third-order valence-corrected chi connectivity index (χ3v) is 3.23. The third kappa shape index (κ3) is 4.33. The van der Waals surface area contributed by atoms with Crippen LogP contribution in [0.25, 0.3) is 0 Å². The van der Waals surface area contributed by atoms with E-state index >= 15 is 0 Å². The van der Waals surface area contributed by atoms with E-state index in [2.05, 4.69) is 5.32 Å². The highest BCUT2D eigenvalue weighted by molar-refractivity contribution is 6.30. The number of aliphatic carboxylic acids is 1. The van der Waals surface area contributed by atoms with Gasteiger partial charge in [0.05, 0.1) is 5.92 Å². The van der Waals surface area contributed by atoms with E-state index in [9.17, 15) is 14.7 Å². The summed E-state index contributed by atoms with van der Waals surface area (Å²) >= 11 is 5.83. The maximum Gasteiger partial charge on any atom is 0.311 e. The lowest BCUT2D eigenvalue weighted by Gasteiger charge is -2.13. The van der Waals surface area contributed by atoms with Gasteiger partial charge in [-0.05, 0) is 23.8 Å². The van der Waals surface area contributed by atoms with Crippen molar-refractivity contribution in [3.63, 3.8) is 0 Å². The summed E-state index contributed by atoms with van der Waals surface area (Å²) in [5, 5.41) is 12.4. The van der Waals surface area contributed by atoms with Gasteiger partial charge in [0.2, 0.25) is 5.91 Å². The zero-order chi connectivity index (χ0) is 15.2. The Kier molecular flexibility index (Phi) is 4.95. The summed E-state index contributed by atoms with van der Waals surface area (Å²) in [4.78, 5) is 23.3. The first-order valence-corrected chi connectivity index (χ1v) is 6.77. The van der Waals surface area contributed by atoms with Crippen molar-refractivity contribution in [1.29, 1.82) is 0 Å². The Labute approximate surface area is 127 Å². The molecule has 2 aromatic rings. The maximum absolute atomic E-state index is 12.0. The Morgan fingerprint density at radius 1 is 1.10 bits per heavy atom. The monoisotopic (exact) mass is 303 g/mol. The third-order valence-electron chi connectivity index (χ3n) is 3.00. The minimum absolute atomic E-state index is 0.133. The van der Waals surface area contributed by atoms with Gasteiger partial charge in [0.15, 0.2) is 0 Å². The Balaban J connectivity index is 2.07. The summed E-state index contributed by atoms with van der Waals surface area (Å²) in [5.41, 5.74) is 1.15.